The minimum Gasteiger partial charge on any atom is -0.489 e. The van der Waals surface area contributed by atoms with E-state index in [9.17, 15) is 4.79 Å². The molecule has 3 rings (SSSR count). The Kier molecular flexibility index (Phi) is 1.75. The second kappa shape index (κ2) is 3.09. The number of fused-ring (bicyclic) bond motifs is 2. The molecule has 0 fully saturated rings. The molecule has 0 spiro atoms. The smallest absolute Gasteiger partial charge is 0.160 e. The molecule has 0 saturated carbocycles. The van der Waals surface area contributed by atoms with Gasteiger partial charge in [-0.15, -0.1) is 0 Å². The van der Waals surface area contributed by atoms with Gasteiger partial charge in [-0.25, -0.2) is 0 Å². The average molecular weight is 198 g/mol. The Morgan fingerprint density at radius 2 is 2.00 bits per heavy atom. The standard InChI is InChI=1S/C13H10O2/c14-10-5-6-13-12(7-10)11-4-2-1-3-9(11)8-15-13/h1-6H,7-8H2. The molecule has 0 radical (unpaired) electrons. The van der Waals surface area contributed by atoms with Crippen molar-refractivity contribution in [3.05, 3.63) is 53.3 Å². The van der Waals surface area contributed by atoms with Gasteiger partial charge in [0.25, 0.3) is 0 Å². The second-order valence-electron chi connectivity index (χ2n) is 3.77. The van der Waals surface area contributed by atoms with Gasteiger partial charge in [-0.3, -0.25) is 4.79 Å². The lowest BCUT2D eigenvalue weighted by Crippen LogP contribution is -2.12. The molecule has 0 saturated heterocycles. The average Bonchev–Trinajstić information content (AvgIpc) is 2.29. The van der Waals surface area contributed by atoms with Crippen molar-refractivity contribution in [2.75, 3.05) is 0 Å². The molecular formula is C13H10O2. The van der Waals surface area contributed by atoms with Gasteiger partial charge in [0, 0.05) is 12.0 Å². The molecule has 74 valence electrons. The van der Waals surface area contributed by atoms with Crippen molar-refractivity contribution < 1.29 is 9.53 Å². The zero-order valence-electron chi connectivity index (χ0n) is 8.19. The van der Waals surface area contributed by atoms with E-state index in [0.29, 0.717) is 13.0 Å². The van der Waals surface area contributed by atoms with Crippen LogP contribution in [0, 0.1) is 0 Å². The molecule has 2 heteroatoms. The number of carbonyl (C=O) groups is 1. The highest BCUT2D eigenvalue weighted by Gasteiger charge is 2.22. The van der Waals surface area contributed by atoms with Crippen molar-refractivity contribution in [1.82, 2.24) is 0 Å². The summed E-state index contributed by atoms with van der Waals surface area (Å²) in [6.07, 6.45) is 3.83. The minimum absolute atomic E-state index is 0.147. The van der Waals surface area contributed by atoms with E-state index in [2.05, 4.69) is 6.07 Å². The molecule has 0 aromatic heterocycles. The number of ketones is 1. The van der Waals surface area contributed by atoms with E-state index in [-0.39, 0.29) is 5.78 Å². The van der Waals surface area contributed by atoms with Crippen molar-refractivity contribution >= 4 is 11.4 Å². The zero-order chi connectivity index (χ0) is 10.3. The molecule has 1 aromatic rings. The van der Waals surface area contributed by atoms with E-state index in [4.69, 9.17) is 4.74 Å². The Hall–Kier alpha value is -1.83. The van der Waals surface area contributed by atoms with E-state index in [1.807, 2.05) is 18.2 Å². The fourth-order valence-corrected chi connectivity index (χ4v) is 2.05. The number of hydrogen-bond donors (Lipinski definition) is 0. The molecule has 0 bridgehead atoms. The quantitative estimate of drug-likeness (QED) is 0.640. The maximum atomic E-state index is 11.4. The summed E-state index contributed by atoms with van der Waals surface area (Å²) in [7, 11) is 0. The molecule has 0 atom stereocenters. The summed E-state index contributed by atoms with van der Waals surface area (Å²) >= 11 is 0. The first kappa shape index (κ1) is 8.48. The SMILES string of the molecule is O=C1C=CC2=C(C1)c1ccccc1CO2. The van der Waals surface area contributed by atoms with Gasteiger partial charge >= 0.3 is 0 Å². The van der Waals surface area contributed by atoms with Gasteiger partial charge in [0.05, 0.1) is 0 Å². The number of hydrogen-bond acceptors (Lipinski definition) is 2. The molecule has 1 aliphatic carbocycles. The number of carbonyl (C=O) groups excluding carboxylic acids is 1. The summed E-state index contributed by atoms with van der Waals surface area (Å²) in [6, 6.07) is 8.09. The fraction of sp³-hybridized carbons (Fsp3) is 0.154. The summed E-state index contributed by atoms with van der Waals surface area (Å²) < 4.78 is 5.60. The summed E-state index contributed by atoms with van der Waals surface area (Å²) in [5.74, 6) is 1.00. The maximum Gasteiger partial charge on any atom is 0.160 e. The van der Waals surface area contributed by atoms with Gasteiger partial charge in [-0.1, -0.05) is 24.3 Å². The van der Waals surface area contributed by atoms with E-state index in [1.165, 1.54) is 5.56 Å². The Morgan fingerprint density at radius 1 is 1.13 bits per heavy atom. The van der Waals surface area contributed by atoms with Crippen LogP contribution in [-0.2, 0) is 16.1 Å². The number of rotatable bonds is 0. The number of ether oxygens (including phenoxy) is 1. The molecule has 1 heterocycles. The van der Waals surface area contributed by atoms with Crippen LogP contribution in [0.5, 0.6) is 0 Å². The van der Waals surface area contributed by atoms with Crippen molar-refractivity contribution in [3.8, 4) is 0 Å². The number of benzene rings is 1. The van der Waals surface area contributed by atoms with Crippen LogP contribution in [0.1, 0.15) is 17.5 Å². The first-order valence-electron chi connectivity index (χ1n) is 5.00. The fourth-order valence-electron chi connectivity index (χ4n) is 2.05. The Morgan fingerprint density at radius 3 is 2.93 bits per heavy atom. The third kappa shape index (κ3) is 1.30. The van der Waals surface area contributed by atoms with Crippen LogP contribution in [0.3, 0.4) is 0 Å². The van der Waals surface area contributed by atoms with E-state index in [1.54, 1.807) is 12.2 Å². The van der Waals surface area contributed by atoms with Gasteiger partial charge in [0.2, 0.25) is 0 Å². The highest BCUT2D eigenvalue weighted by atomic mass is 16.5. The predicted molar refractivity (Wildman–Crippen MR) is 56.9 cm³/mol. The van der Waals surface area contributed by atoms with Crippen LogP contribution in [-0.4, -0.2) is 5.78 Å². The first-order valence-corrected chi connectivity index (χ1v) is 5.00. The molecule has 0 amide bonds. The minimum atomic E-state index is 0.147. The molecule has 0 unspecified atom stereocenters. The topological polar surface area (TPSA) is 26.3 Å². The highest BCUT2D eigenvalue weighted by Crippen LogP contribution is 2.34. The molecule has 1 aliphatic heterocycles. The Bertz CT molecular complexity index is 495. The van der Waals surface area contributed by atoms with Crippen molar-refractivity contribution in [2.45, 2.75) is 13.0 Å². The Labute approximate surface area is 87.9 Å². The van der Waals surface area contributed by atoms with Crippen LogP contribution in [0.25, 0.3) is 5.57 Å². The molecule has 2 aliphatic rings. The van der Waals surface area contributed by atoms with Crippen LogP contribution in [0.2, 0.25) is 0 Å². The van der Waals surface area contributed by atoms with E-state index < -0.39 is 0 Å². The third-order valence-corrected chi connectivity index (χ3v) is 2.79. The van der Waals surface area contributed by atoms with Gasteiger partial charge < -0.3 is 4.74 Å². The molecule has 0 N–H and O–H groups in total. The largest absolute Gasteiger partial charge is 0.489 e. The third-order valence-electron chi connectivity index (χ3n) is 2.79. The highest BCUT2D eigenvalue weighted by molar-refractivity contribution is 6.01. The molecule has 1 aromatic carbocycles. The van der Waals surface area contributed by atoms with Crippen LogP contribution in [0.15, 0.2) is 42.2 Å². The lowest BCUT2D eigenvalue weighted by molar-refractivity contribution is -0.113. The molecule has 15 heavy (non-hydrogen) atoms. The van der Waals surface area contributed by atoms with Crippen LogP contribution >= 0.6 is 0 Å². The number of allylic oxidation sites excluding steroid dienone is 3. The zero-order valence-corrected chi connectivity index (χ0v) is 8.19. The predicted octanol–water partition coefficient (Wildman–Crippen LogP) is 2.46. The van der Waals surface area contributed by atoms with Crippen molar-refractivity contribution in [3.63, 3.8) is 0 Å². The molecular weight excluding hydrogens is 188 g/mol. The van der Waals surface area contributed by atoms with E-state index >= 15 is 0 Å². The van der Waals surface area contributed by atoms with Gasteiger partial charge in [-0.2, -0.15) is 0 Å². The summed E-state index contributed by atoms with van der Waals surface area (Å²) in [5, 5.41) is 0. The van der Waals surface area contributed by atoms with Crippen molar-refractivity contribution in [1.29, 1.82) is 0 Å². The van der Waals surface area contributed by atoms with Crippen LogP contribution < -0.4 is 0 Å². The lowest BCUT2D eigenvalue weighted by atomic mass is 9.90. The normalized spacial score (nSPS) is 18.3. The summed E-state index contributed by atoms with van der Waals surface area (Å²) in [4.78, 5) is 11.4. The van der Waals surface area contributed by atoms with Gasteiger partial charge in [0.1, 0.15) is 12.4 Å². The van der Waals surface area contributed by atoms with Gasteiger partial charge in [-0.05, 0) is 23.3 Å². The summed E-state index contributed by atoms with van der Waals surface area (Å²) in [5.41, 5.74) is 3.36. The monoisotopic (exact) mass is 198 g/mol. The first-order chi connectivity index (χ1) is 7.34. The Balaban J connectivity index is 2.17. The molecule has 2 nitrogen and oxygen atoms in total. The lowest BCUT2D eigenvalue weighted by Gasteiger charge is -2.23. The van der Waals surface area contributed by atoms with Crippen molar-refractivity contribution in [2.24, 2.45) is 0 Å². The van der Waals surface area contributed by atoms with Crippen LogP contribution in [0.4, 0.5) is 0 Å². The van der Waals surface area contributed by atoms with Gasteiger partial charge in [0.15, 0.2) is 5.78 Å². The maximum absolute atomic E-state index is 11.4. The second-order valence-corrected chi connectivity index (χ2v) is 3.77. The van der Waals surface area contributed by atoms with E-state index in [0.717, 1.165) is 16.9 Å². The summed E-state index contributed by atoms with van der Waals surface area (Å²) in [6.45, 7) is 0.605.